The van der Waals surface area contributed by atoms with E-state index in [1.54, 1.807) is 0 Å². The van der Waals surface area contributed by atoms with E-state index in [1.807, 2.05) is 37.4 Å². The van der Waals surface area contributed by atoms with E-state index in [2.05, 4.69) is 10.1 Å². The molecule has 0 spiro atoms. The topological polar surface area (TPSA) is 57.6 Å². The highest BCUT2D eigenvalue weighted by Gasteiger charge is 2.34. The number of halogens is 3. The molecule has 0 saturated heterocycles. The Bertz CT molecular complexity index is 1110. The summed E-state index contributed by atoms with van der Waals surface area (Å²) in [7, 11) is 0. The monoisotopic (exact) mass is 386 g/mol. The van der Waals surface area contributed by atoms with Crippen LogP contribution in [0.15, 0.2) is 59.4 Å². The lowest BCUT2D eigenvalue weighted by Crippen LogP contribution is -2.06. The van der Waals surface area contributed by atoms with Gasteiger partial charge in [0.15, 0.2) is 5.76 Å². The smallest absolute Gasteiger partial charge is 0.419 e. The zero-order valence-corrected chi connectivity index (χ0v) is 15.0. The number of aromatic amines is 1. The number of hydrogen-bond donors (Lipinski definition) is 2. The molecule has 28 heavy (non-hydrogen) atoms. The molecule has 3 aromatic rings. The van der Waals surface area contributed by atoms with Crippen LogP contribution in [0.4, 0.5) is 13.2 Å². The van der Waals surface area contributed by atoms with Crippen molar-refractivity contribution in [3.05, 3.63) is 70.9 Å². The van der Waals surface area contributed by atoms with Crippen LogP contribution in [0.5, 0.6) is 5.75 Å². The lowest BCUT2D eigenvalue weighted by atomic mass is 9.98. The fourth-order valence-corrected chi connectivity index (χ4v) is 3.37. The van der Waals surface area contributed by atoms with Gasteiger partial charge >= 0.3 is 6.18 Å². The summed E-state index contributed by atoms with van der Waals surface area (Å²) in [6.45, 7) is 1.81. The molecule has 0 aliphatic carbocycles. The van der Waals surface area contributed by atoms with Gasteiger partial charge in [-0.1, -0.05) is 17.3 Å². The number of phenols is 1. The Balaban J connectivity index is 1.72. The molecule has 7 heteroatoms. The van der Waals surface area contributed by atoms with Gasteiger partial charge in [-0.2, -0.15) is 13.2 Å². The largest absolute Gasteiger partial charge is 0.507 e. The number of aromatic nitrogens is 1. The summed E-state index contributed by atoms with van der Waals surface area (Å²) in [6.07, 6.45) is -1.62. The zero-order valence-electron chi connectivity index (χ0n) is 15.0. The number of hydrogen-bond acceptors (Lipinski definition) is 3. The van der Waals surface area contributed by atoms with Crippen molar-refractivity contribution < 1.29 is 23.1 Å². The summed E-state index contributed by atoms with van der Waals surface area (Å²) < 4.78 is 39.4. The molecule has 0 unspecified atom stereocenters. The number of fused-ring (bicyclic) bond motifs is 1. The molecule has 2 heterocycles. The molecule has 4 nitrogen and oxygen atoms in total. The molecular weight excluding hydrogens is 369 g/mol. The Morgan fingerprint density at radius 3 is 2.71 bits per heavy atom. The maximum atomic E-state index is 13.1. The van der Waals surface area contributed by atoms with Gasteiger partial charge < -0.3 is 14.9 Å². The molecular formula is C21H17F3N2O2. The maximum absolute atomic E-state index is 13.1. The second-order valence-electron chi connectivity index (χ2n) is 6.71. The summed E-state index contributed by atoms with van der Waals surface area (Å²) in [5.74, 6) is -0.534. The SMILES string of the molecule is CC1=C(c2ccc(O)c(C(F)(F)F)c2)ON=C(c2cccc3[nH]ccc23)CC1. The van der Waals surface area contributed by atoms with Crippen molar-refractivity contribution in [1.29, 1.82) is 0 Å². The van der Waals surface area contributed by atoms with Crippen LogP contribution in [0.25, 0.3) is 16.7 Å². The van der Waals surface area contributed by atoms with E-state index < -0.39 is 17.5 Å². The highest BCUT2D eigenvalue weighted by Crippen LogP contribution is 2.38. The van der Waals surface area contributed by atoms with Gasteiger partial charge in [-0.05, 0) is 55.7 Å². The fourth-order valence-electron chi connectivity index (χ4n) is 3.37. The number of H-pyrrole nitrogens is 1. The number of phenolic OH excluding ortho intramolecular Hbond substituents is 1. The first kappa shape index (κ1) is 18.2. The van der Waals surface area contributed by atoms with Crippen LogP contribution in [0.2, 0.25) is 0 Å². The van der Waals surface area contributed by atoms with Gasteiger partial charge in [0.25, 0.3) is 0 Å². The van der Waals surface area contributed by atoms with Gasteiger partial charge in [0.05, 0.1) is 11.3 Å². The van der Waals surface area contributed by atoms with Crippen LogP contribution < -0.4 is 0 Å². The van der Waals surface area contributed by atoms with Crippen molar-refractivity contribution in [2.24, 2.45) is 5.16 Å². The molecule has 0 amide bonds. The summed E-state index contributed by atoms with van der Waals surface area (Å²) in [5, 5.41) is 14.8. The minimum Gasteiger partial charge on any atom is -0.507 e. The van der Waals surface area contributed by atoms with E-state index in [0.717, 1.165) is 39.9 Å². The second-order valence-corrected chi connectivity index (χ2v) is 6.71. The third-order valence-corrected chi connectivity index (χ3v) is 4.84. The normalized spacial score (nSPS) is 15.4. The third-order valence-electron chi connectivity index (χ3n) is 4.84. The lowest BCUT2D eigenvalue weighted by molar-refractivity contribution is -0.138. The molecule has 1 aliphatic heterocycles. The van der Waals surface area contributed by atoms with Crippen LogP contribution in [-0.4, -0.2) is 15.8 Å². The van der Waals surface area contributed by atoms with E-state index in [-0.39, 0.29) is 11.3 Å². The number of benzene rings is 2. The van der Waals surface area contributed by atoms with Crippen molar-refractivity contribution in [3.63, 3.8) is 0 Å². The predicted molar refractivity (Wildman–Crippen MR) is 101 cm³/mol. The number of nitrogens with zero attached hydrogens (tertiary/aromatic N) is 1. The molecule has 144 valence electrons. The van der Waals surface area contributed by atoms with Crippen molar-refractivity contribution in [3.8, 4) is 5.75 Å². The minimum absolute atomic E-state index is 0.229. The third kappa shape index (κ3) is 3.24. The van der Waals surface area contributed by atoms with Crippen molar-refractivity contribution in [1.82, 2.24) is 4.98 Å². The molecule has 2 N–H and O–H groups in total. The Kier molecular flexibility index (Phi) is 4.37. The molecule has 2 aromatic carbocycles. The van der Waals surface area contributed by atoms with E-state index in [9.17, 15) is 18.3 Å². The first-order valence-corrected chi connectivity index (χ1v) is 8.75. The Labute approximate surface area is 158 Å². The van der Waals surface area contributed by atoms with Crippen molar-refractivity contribution >= 4 is 22.4 Å². The van der Waals surface area contributed by atoms with Crippen LogP contribution in [0.1, 0.15) is 36.5 Å². The van der Waals surface area contributed by atoms with Crippen molar-refractivity contribution in [2.75, 3.05) is 0 Å². The molecule has 1 aromatic heterocycles. The molecule has 0 atom stereocenters. The summed E-state index contributed by atoms with van der Waals surface area (Å²) in [6, 6.07) is 11.1. The van der Waals surface area contributed by atoms with Crippen LogP contribution in [0.3, 0.4) is 0 Å². The summed E-state index contributed by atoms with van der Waals surface area (Å²) in [4.78, 5) is 8.76. The first-order valence-electron chi connectivity index (χ1n) is 8.75. The maximum Gasteiger partial charge on any atom is 0.419 e. The van der Waals surface area contributed by atoms with Gasteiger partial charge in [0.2, 0.25) is 0 Å². The predicted octanol–water partition coefficient (Wildman–Crippen LogP) is 5.84. The second kappa shape index (κ2) is 6.74. The Hall–Kier alpha value is -3.22. The van der Waals surface area contributed by atoms with Gasteiger partial charge in [-0.15, -0.1) is 0 Å². The van der Waals surface area contributed by atoms with E-state index >= 15 is 0 Å². The lowest BCUT2D eigenvalue weighted by Gasteiger charge is -2.13. The molecule has 0 radical (unpaired) electrons. The Morgan fingerprint density at radius 2 is 1.93 bits per heavy atom. The minimum atomic E-state index is -4.66. The van der Waals surface area contributed by atoms with Gasteiger partial charge in [-0.25, -0.2) is 0 Å². The highest BCUT2D eigenvalue weighted by molar-refractivity contribution is 6.10. The van der Waals surface area contributed by atoms with Gasteiger partial charge in [0.1, 0.15) is 5.75 Å². The molecule has 4 rings (SSSR count). The number of nitrogens with one attached hydrogen (secondary N) is 1. The standard InChI is InChI=1S/C21H17F3N2O2/c1-12-5-7-18(14-3-2-4-17-15(14)9-10-25-17)26-28-20(12)13-6-8-19(27)16(11-13)21(22,23)24/h2-4,6,8-11,25,27H,5,7H2,1H3. The Morgan fingerprint density at radius 1 is 1.11 bits per heavy atom. The summed E-state index contributed by atoms with van der Waals surface area (Å²) in [5.41, 5.74) is 2.55. The number of allylic oxidation sites excluding steroid dienone is 1. The van der Waals surface area contributed by atoms with Gasteiger partial charge in [0, 0.05) is 28.2 Å². The molecule has 0 fully saturated rings. The van der Waals surface area contributed by atoms with Crippen LogP contribution >= 0.6 is 0 Å². The zero-order chi connectivity index (χ0) is 19.9. The average Bonchev–Trinajstić information content (AvgIpc) is 3.05. The molecule has 0 bridgehead atoms. The fraction of sp³-hybridized carbons (Fsp3) is 0.190. The number of oxime groups is 1. The number of aromatic hydroxyl groups is 1. The van der Waals surface area contributed by atoms with Crippen molar-refractivity contribution in [2.45, 2.75) is 25.9 Å². The highest BCUT2D eigenvalue weighted by atomic mass is 19.4. The molecule has 0 saturated carbocycles. The number of alkyl halides is 3. The van der Waals surface area contributed by atoms with E-state index in [1.165, 1.54) is 6.07 Å². The van der Waals surface area contributed by atoms with Gasteiger partial charge in [-0.3, -0.25) is 0 Å². The quantitative estimate of drug-likeness (QED) is 0.581. The van der Waals surface area contributed by atoms with Crippen LogP contribution in [-0.2, 0) is 11.0 Å². The van der Waals surface area contributed by atoms with E-state index in [4.69, 9.17) is 4.84 Å². The number of rotatable bonds is 2. The first-order chi connectivity index (χ1) is 13.3. The molecule has 1 aliphatic rings. The van der Waals surface area contributed by atoms with Crippen LogP contribution in [0, 0.1) is 0 Å². The summed E-state index contributed by atoms with van der Waals surface area (Å²) >= 11 is 0. The average molecular weight is 386 g/mol. The van der Waals surface area contributed by atoms with E-state index in [0.29, 0.717) is 12.8 Å².